The molecule has 0 saturated carbocycles. The van der Waals surface area contributed by atoms with Crippen molar-refractivity contribution >= 4 is 16.8 Å². The van der Waals surface area contributed by atoms with Crippen molar-refractivity contribution in [1.82, 2.24) is 0 Å². The lowest BCUT2D eigenvalue weighted by atomic mass is 10.1. The second kappa shape index (κ2) is 6.89. The quantitative estimate of drug-likeness (QED) is 0.487. The van der Waals surface area contributed by atoms with Gasteiger partial charge in [-0.15, -0.1) is 22.0 Å². The highest BCUT2D eigenvalue weighted by Crippen LogP contribution is 2.48. The molecule has 1 heterocycles. The highest BCUT2D eigenvalue weighted by molar-refractivity contribution is 6.68. The summed E-state index contributed by atoms with van der Waals surface area (Å²) in [6, 6.07) is 4.08. The van der Waals surface area contributed by atoms with Crippen LogP contribution in [-0.4, -0.2) is 24.9 Å². The summed E-state index contributed by atoms with van der Waals surface area (Å²) in [6.45, 7) is 0. The molecule has 2 aromatic rings. The third-order valence-corrected chi connectivity index (χ3v) is 3.40. The first kappa shape index (κ1) is 16.0. The highest BCUT2D eigenvalue weighted by Gasteiger charge is 2.46. The summed E-state index contributed by atoms with van der Waals surface area (Å²) in [5.41, 5.74) is -0.702. The van der Waals surface area contributed by atoms with Gasteiger partial charge < -0.3 is 23.7 Å². The highest BCUT2D eigenvalue weighted by atomic mass is 35.5. The molecule has 2 aromatic carbocycles. The zero-order valence-corrected chi connectivity index (χ0v) is 13.9. The van der Waals surface area contributed by atoms with Crippen molar-refractivity contribution in [1.29, 1.82) is 0 Å². The van der Waals surface area contributed by atoms with Gasteiger partial charge in [0.05, 0.1) is 11.2 Å². The number of halogens is 6. The Morgan fingerprint density at radius 2 is 1.86 bits per heavy atom. The van der Waals surface area contributed by atoms with Crippen molar-refractivity contribution in [2.75, 3.05) is 7.04 Å². The van der Waals surface area contributed by atoms with Crippen LogP contribution in [0.15, 0.2) is 30.3 Å². The zero-order chi connectivity index (χ0) is 23.2. The van der Waals surface area contributed by atoms with Crippen LogP contribution in [0.3, 0.4) is 0 Å². The molecule has 150 valence electrons. The number of carbonyl (C=O) groups is 1. The Bertz CT molecular complexity index is 1030. The molecule has 0 spiro atoms. The monoisotopic (exact) mass is 429 g/mol. The molecule has 1 aliphatic rings. The van der Waals surface area contributed by atoms with E-state index in [-0.39, 0.29) is 0 Å². The van der Waals surface area contributed by atoms with E-state index in [0.717, 1.165) is 24.3 Å². The molecule has 3 rings (SSSR count). The van der Waals surface area contributed by atoms with Crippen LogP contribution in [0.25, 0.3) is 0 Å². The fourth-order valence-corrected chi connectivity index (χ4v) is 2.41. The lowest BCUT2D eigenvalue weighted by Crippen LogP contribution is -2.26. The number of ether oxygens (including phenoxy) is 5. The lowest BCUT2D eigenvalue weighted by Gasteiger charge is -2.15. The number of methoxy groups -OCH3 is 1. The molecule has 0 aliphatic carbocycles. The maximum Gasteiger partial charge on any atom is 0.586 e. The third kappa shape index (κ3) is 4.14. The topological polar surface area (TPSA) is 63.2 Å². The SMILES string of the molecule is [2H]C([2H])([2H])Oc1cc(OC(F)(F)F)ccc1Oc1ccc2c(c1C(=O)Cl)OC(F)(F)O2. The second-order valence-electron chi connectivity index (χ2n) is 5.07. The molecule has 0 fully saturated rings. The van der Waals surface area contributed by atoms with E-state index in [1.54, 1.807) is 0 Å². The van der Waals surface area contributed by atoms with Gasteiger partial charge in [-0.25, -0.2) is 0 Å². The Kier molecular flexibility index (Phi) is 3.95. The first-order valence-electron chi connectivity index (χ1n) is 8.53. The van der Waals surface area contributed by atoms with Crippen molar-refractivity contribution in [3.63, 3.8) is 0 Å². The Morgan fingerprint density at radius 1 is 1.14 bits per heavy atom. The molecule has 0 radical (unpaired) electrons. The Morgan fingerprint density at radius 3 is 2.50 bits per heavy atom. The van der Waals surface area contributed by atoms with Gasteiger partial charge in [-0.05, 0) is 35.9 Å². The number of carbonyl (C=O) groups excluding carboxylic acids is 1. The number of fused-ring (bicyclic) bond motifs is 1. The number of alkyl halides is 5. The summed E-state index contributed by atoms with van der Waals surface area (Å²) < 4.78 is 108. The summed E-state index contributed by atoms with van der Waals surface area (Å²) in [4.78, 5) is 11.8. The largest absolute Gasteiger partial charge is 0.586 e. The van der Waals surface area contributed by atoms with E-state index in [9.17, 15) is 26.7 Å². The molecule has 0 N–H and O–H groups in total. The third-order valence-electron chi connectivity index (χ3n) is 3.21. The Labute approximate surface area is 162 Å². The van der Waals surface area contributed by atoms with Gasteiger partial charge in [0, 0.05) is 6.07 Å². The number of benzene rings is 2. The van der Waals surface area contributed by atoms with Crippen LogP contribution in [-0.2, 0) is 0 Å². The minimum Gasteiger partial charge on any atom is -0.493 e. The standard InChI is InChI=1S/C16H8ClF5O6/c1-24-11-6-7(26-15(18,19)20)2-3-8(11)25-9-4-5-10-13(12(9)14(17)23)28-16(21,22)27-10/h2-6H,1H3/i1D3. The lowest BCUT2D eigenvalue weighted by molar-refractivity contribution is -0.286. The van der Waals surface area contributed by atoms with Gasteiger partial charge in [0.1, 0.15) is 17.1 Å². The van der Waals surface area contributed by atoms with E-state index in [1.807, 2.05) is 0 Å². The fourth-order valence-electron chi connectivity index (χ4n) is 2.23. The molecule has 0 saturated heterocycles. The maximum absolute atomic E-state index is 13.3. The average Bonchev–Trinajstić information content (AvgIpc) is 2.87. The van der Waals surface area contributed by atoms with Crippen LogP contribution >= 0.6 is 11.6 Å². The molecule has 0 unspecified atom stereocenters. The van der Waals surface area contributed by atoms with Crippen LogP contribution in [0.5, 0.6) is 34.5 Å². The minimum absolute atomic E-state index is 0.500. The number of hydrogen-bond acceptors (Lipinski definition) is 6. The molecule has 0 aromatic heterocycles. The van der Waals surface area contributed by atoms with Gasteiger partial charge in [-0.3, -0.25) is 4.79 Å². The normalized spacial score (nSPS) is 16.6. The number of hydrogen-bond donors (Lipinski definition) is 0. The van der Waals surface area contributed by atoms with Gasteiger partial charge in [0.25, 0.3) is 5.24 Å². The molecule has 0 atom stereocenters. The predicted octanol–water partition coefficient (Wildman–Crippen LogP) is 5.09. The Balaban J connectivity index is 2.03. The summed E-state index contributed by atoms with van der Waals surface area (Å²) in [6.07, 6.45) is -9.17. The molecule has 12 heteroatoms. The predicted molar refractivity (Wildman–Crippen MR) is 82.6 cm³/mol. The first-order valence-corrected chi connectivity index (χ1v) is 7.41. The van der Waals surface area contributed by atoms with Crippen molar-refractivity contribution < 1.29 is 54.5 Å². The smallest absolute Gasteiger partial charge is 0.493 e. The molecule has 28 heavy (non-hydrogen) atoms. The maximum atomic E-state index is 13.3. The Hall–Kier alpha value is -2.95. The van der Waals surface area contributed by atoms with E-state index in [4.69, 9.17) is 20.5 Å². The molecule has 1 aliphatic heterocycles. The van der Waals surface area contributed by atoms with Gasteiger partial charge in [0.15, 0.2) is 23.0 Å². The van der Waals surface area contributed by atoms with Crippen molar-refractivity contribution in [2.45, 2.75) is 12.7 Å². The van der Waals surface area contributed by atoms with Crippen LogP contribution in [0.2, 0.25) is 0 Å². The van der Waals surface area contributed by atoms with Gasteiger partial charge in [-0.1, -0.05) is 0 Å². The van der Waals surface area contributed by atoms with Crippen molar-refractivity contribution in [3.05, 3.63) is 35.9 Å². The molecular formula is C16H8ClF5O6. The van der Waals surface area contributed by atoms with Gasteiger partial charge >= 0.3 is 12.7 Å². The fraction of sp³-hybridized carbons (Fsp3) is 0.188. The average molecular weight is 430 g/mol. The van der Waals surface area contributed by atoms with Gasteiger partial charge in [-0.2, -0.15) is 0 Å². The van der Waals surface area contributed by atoms with Crippen molar-refractivity contribution in [2.24, 2.45) is 0 Å². The molecule has 0 bridgehead atoms. The summed E-state index contributed by atoms with van der Waals surface area (Å²) >= 11 is 5.43. The minimum atomic E-state index is -5.08. The van der Waals surface area contributed by atoms with E-state index < -0.39 is 65.0 Å². The van der Waals surface area contributed by atoms with E-state index in [2.05, 4.69) is 18.9 Å². The molecular weight excluding hydrogens is 419 g/mol. The zero-order valence-electron chi connectivity index (χ0n) is 16.1. The van der Waals surface area contributed by atoms with E-state index >= 15 is 0 Å². The summed E-state index contributed by atoms with van der Waals surface area (Å²) in [5.74, 6) is -3.86. The first-order chi connectivity index (χ1) is 14.1. The van der Waals surface area contributed by atoms with E-state index in [0.29, 0.717) is 6.07 Å². The van der Waals surface area contributed by atoms with Crippen molar-refractivity contribution in [3.8, 4) is 34.5 Å². The van der Waals surface area contributed by atoms with Crippen LogP contribution in [0, 0.1) is 0 Å². The van der Waals surface area contributed by atoms with E-state index in [1.165, 1.54) is 0 Å². The summed E-state index contributed by atoms with van der Waals surface area (Å²) in [7, 11) is -3.11. The van der Waals surface area contributed by atoms with Crippen LogP contribution in [0.4, 0.5) is 22.0 Å². The number of rotatable bonds is 5. The van der Waals surface area contributed by atoms with Gasteiger partial charge in [0.2, 0.25) is 0 Å². The molecule has 6 nitrogen and oxygen atoms in total. The van der Waals surface area contributed by atoms with Crippen LogP contribution in [0.1, 0.15) is 14.5 Å². The van der Waals surface area contributed by atoms with Crippen LogP contribution < -0.4 is 23.7 Å². The molecule has 0 amide bonds. The summed E-state index contributed by atoms with van der Waals surface area (Å²) in [5, 5.41) is -1.30. The second-order valence-corrected chi connectivity index (χ2v) is 5.41.